The van der Waals surface area contributed by atoms with Gasteiger partial charge in [0.25, 0.3) is 0 Å². The summed E-state index contributed by atoms with van der Waals surface area (Å²) in [6, 6.07) is 6.46. The maximum Gasteiger partial charge on any atom is 0.0595 e. The first-order chi connectivity index (χ1) is 8.49. The van der Waals surface area contributed by atoms with E-state index in [0.717, 1.165) is 19.5 Å². The molecule has 0 saturated carbocycles. The van der Waals surface area contributed by atoms with E-state index in [1.165, 1.54) is 5.56 Å². The van der Waals surface area contributed by atoms with Gasteiger partial charge < -0.3 is 5.73 Å². The summed E-state index contributed by atoms with van der Waals surface area (Å²) in [5.41, 5.74) is 7.35. The molecule has 0 bridgehead atoms. The molecule has 1 saturated heterocycles. The van der Waals surface area contributed by atoms with E-state index in [0.29, 0.717) is 22.0 Å². The molecular formula is C14H20Cl2N2. The van der Waals surface area contributed by atoms with Crippen LogP contribution in [0.15, 0.2) is 18.2 Å². The second-order valence-electron chi connectivity index (χ2n) is 5.27. The second kappa shape index (κ2) is 5.79. The van der Waals surface area contributed by atoms with Gasteiger partial charge in [-0.1, -0.05) is 36.2 Å². The molecule has 2 rings (SSSR count). The number of piperidine rings is 1. The van der Waals surface area contributed by atoms with E-state index in [1.807, 2.05) is 18.2 Å². The molecule has 4 heteroatoms. The molecule has 0 amide bonds. The van der Waals surface area contributed by atoms with Crippen molar-refractivity contribution in [2.45, 2.75) is 32.4 Å². The van der Waals surface area contributed by atoms with Crippen LogP contribution >= 0.6 is 23.2 Å². The summed E-state index contributed by atoms with van der Waals surface area (Å²) in [5.74, 6) is 0.613. The van der Waals surface area contributed by atoms with E-state index < -0.39 is 0 Å². The Balaban J connectivity index is 2.11. The minimum Gasteiger partial charge on any atom is -0.326 e. The third-order valence-electron chi connectivity index (χ3n) is 4.02. The minimum absolute atomic E-state index is 0.268. The summed E-state index contributed by atoms with van der Waals surface area (Å²) in [4.78, 5) is 2.42. The van der Waals surface area contributed by atoms with Crippen LogP contribution < -0.4 is 5.73 Å². The molecule has 1 heterocycles. The van der Waals surface area contributed by atoms with Gasteiger partial charge in [-0.05, 0) is 43.5 Å². The molecule has 0 radical (unpaired) electrons. The van der Waals surface area contributed by atoms with Crippen LogP contribution in [-0.2, 0) is 0 Å². The quantitative estimate of drug-likeness (QED) is 0.898. The van der Waals surface area contributed by atoms with Crippen molar-refractivity contribution in [2.75, 3.05) is 13.1 Å². The topological polar surface area (TPSA) is 29.3 Å². The highest BCUT2D eigenvalue weighted by molar-refractivity contribution is 6.42. The largest absolute Gasteiger partial charge is 0.326 e. The van der Waals surface area contributed by atoms with Crippen LogP contribution in [-0.4, -0.2) is 24.0 Å². The molecule has 3 atom stereocenters. The zero-order valence-corrected chi connectivity index (χ0v) is 12.4. The number of hydrogen-bond acceptors (Lipinski definition) is 2. The molecule has 1 aromatic carbocycles. The number of rotatable bonds is 2. The number of hydrogen-bond donors (Lipinski definition) is 1. The van der Waals surface area contributed by atoms with Crippen molar-refractivity contribution < 1.29 is 0 Å². The second-order valence-corrected chi connectivity index (χ2v) is 6.09. The van der Waals surface area contributed by atoms with Crippen molar-refractivity contribution in [2.24, 2.45) is 11.7 Å². The molecule has 18 heavy (non-hydrogen) atoms. The van der Waals surface area contributed by atoms with Crippen molar-refractivity contribution in [1.82, 2.24) is 4.90 Å². The van der Waals surface area contributed by atoms with Crippen molar-refractivity contribution in [3.63, 3.8) is 0 Å². The monoisotopic (exact) mass is 286 g/mol. The zero-order valence-electron chi connectivity index (χ0n) is 10.9. The van der Waals surface area contributed by atoms with Crippen molar-refractivity contribution in [1.29, 1.82) is 0 Å². The highest BCUT2D eigenvalue weighted by Crippen LogP contribution is 2.30. The summed E-state index contributed by atoms with van der Waals surface area (Å²) in [7, 11) is 0. The summed E-state index contributed by atoms with van der Waals surface area (Å²) >= 11 is 12.0. The third kappa shape index (κ3) is 3.00. The SMILES string of the molecule is CC1CCN(C(C)c2ccc(Cl)c(Cl)c2)CC1N. The number of nitrogens with two attached hydrogens (primary N) is 1. The average Bonchev–Trinajstić information content (AvgIpc) is 2.35. The molecule has 1 aliphatic heterocycles. The van der Waals surface area contributed by atoms with Gasteiger partial charge in [0.1, 0.15) is 0 Å². The predicted octanol–water partition coefficient (Wildman–Crippen LogP) is 3.72. The van der Waals surface area contributed by atoms with Crippen LogP contribution in [0.1, 0.15) is 31.9 Å². The fourth-order valence-corrected chi connectivity index (χ4v) is 2.77. The molecule has 1 aromatic rings. The van der Waals surface area contributed by atoms with E-state index in [1.54, 1.807) is 0 Å². The van der Waals surface area contributed by atoms with Gasteiger partial charge in [-0.2, -0.15) is 0 Å². The van der Waals surface area contributed by atoms with Crippen molar-refractivity contribution in [3.8, 4) is 0 Å². The van der Waals surface area contributed by atoms with Crippen molar-refractivity contribution in [3.05, 3.63) is 33.8 Å². The Kier molecular flexibility index (Phi) is 4.54. The lowest BCUT2D eigenvalue weighted by Crippen LogP contribution is -2.48. The van der Waals surface area contributed by atoms with Crippen LogP contribution in [0.4, 0.5) is 0 Å². The molecule has 3 unspecified atom stereocenters. The first-order valence-electron chi connectivity index (χ1n) is 6.43. The normalized spacial score (nSPS) is 27.2. The maximum atomic E-state index is 6.15. The highest BCUT2D eigenvalue weighted by atomic mass is 35.5. The molecular weight excluding hydrogens is 267 g/mol. The Morgan fingerprint density at radius 3 is 2.67 bits per heavy atom. The molecule has 2 nitrogen and oxygen atoms in total. The van der Waals surface area contributed by atoms with Gasteiger partial charge in [0, 0.05) is 18.6 Å². The third-order valence-corrected chi connectivity index (χ3v) is 4.76. The van der Waals surface area contributed by atoms with Gasteiger partial charge in [0.15, 0.2) is 0 Å². The van der Waals surface area contributed by atoms with E-state index >= 15 is 0 Å². The van der Waals surface area contributed by atoms with Crippen LogP contribution in [0.5, 0.6) is 0 Å². The lowest BCUT2D eigenvalue weighted by molar-refractivity contribution is 0.128. The first-order valence-corrected chi connectivity index (χ1v) is 7.19. The Morgan fingerprint density at radius 2 is 2.06 bits per heavy atom. The summed E-state index contributed by atoms with van der Waals surface area (Å²) in [6.07, 6.45) is 1.16. The minimum atomic E-state index is 0.268. The number of benzene rings is 1. The van der Waals surface area contributed by atoms with Crippen molar-refractivity contribution >= 4 is 23.2 Å². The number of likely N-dealkylation sites (tertiary alicyclic amines) is 1. The molecule has 2 N–H and O–H groups in total. The lowest BCUT2D eigenvalue weighted by Gasteiger charge is -2.38. The summed E-state index contributed by atoms with van der Waals surface area (Å²) in [5, 5.41) is 1.23. The highest BCUT2D eigenvalue weighted by Gasteiger charge is 2.26. The number of halogens is 2. The standard InChI is InChI=1S/C14H20Cl2N2/c1-9-5-6-18(8-14(9)17)10(2)11-3-4-12(15)13(16)7-11/h3-4,7,9-10,14H,5-6,8,17H2,1-2H3. The van der Waals surface area contributed by atoms with E-state index in [9.17, 15) is 0 Å². The molecule has 100 valence electrons. The predicted molar refractivity (Wildman–Crippen MR) is 78.2 cm³/mol. The van der Waals surface area contributed by atoms with E-state index in [2.05, 4.69) is 18.7 Å². The zero-order chi connectivity index (χ0) is 13.3. The molecule has 0 aromatic heterocycles. The van der Waals surface area contributed by atoms with E-state index in [4.69, 9.17) is 28.9 Å². The van der Waals surface area contributed by atoms with E-state index in [-0.39, 0.29) is 6.04 Å². The van der Waals surface area contributed by atoms with Crippen LogP contribution in [0.2, 0.25) is 10.0 Å². The van der Waals surface area contributed by atoms with Gasteiger partial charge in [-0.25, -0.2) is 0 Å². The van der Waals surface area contributed by atoms with Gasteiger partial charge >= 0.3 is 0 Å². The molecule has 1 aliphatic rings. The van der Waals surface area contributed by atoms with Gasteiger partial charge in [0.05, 0.1) is 10.0 Å². The van der Waals surface area contributed by atoms with Gasteiger partial charge in [0.2, 0.25) is 0 Å². The lowest BCUT2D eigenvalue weighted by atomic mass is 9.92. The molecule has 0 spiro atoms. The van der Waals surface area contributed by atoms with Crippen LogP contribution in [0.25, 0.3) is 0 Å². The smallest absolute Gasteiger partial charge is 0.0595 e. The van der Waals surface area contributed by atoms with Crippen LogP contribution in [0.3, 0.4) is 0 Å². The summed E-state index contributed by atoms with van der Waals surface area (Å²) in [6.45, 7) is 6.47. The number of nitrogens with zero attached hydrogens (tertiary/aromatic N) is 1. The Hall–Kier alpha value is -0.280. The molecule has 1 fully saturated rings. The summed E-state index contributed by atoms with van der Waals surface area (Å²) < 4.78 is 0. The van der Waals surface area contributed by atoms with Gasteiger partial charge in [-0.15, -0.1) is 0 Å². The maximum absolute atomic E-state index is 6.15. The Morgan fingerprint density at radius 1 is 1.33 bits per heavy atom. The molecule has 0 aliphatic carbocycles. The fourth-order valence-electron chi connectivity index (χ4n) is 2.46. The van der Waals surface area contributed by atoms with Gasteiger partial charge in [-0.3, -0.25) is 4.90 Å². The van der Waals surface area contributed by atoms with Crippen LogP contribution in [0, 0.1) is 5.92 Å². The fraction of sp³-hybridized carbons (Fsp3) is 0.571. The average molecular weight is 287 g/mol. The Labute approximate surface area is 119 Å². The Bertz CT molecular complexity index is 422. The first kappa shape index (κ1) is 14.1.